The third-order valence-corrected chi connectivity index (χ3v) is 3.24. The molecule has 0 saturated carbocycles. The number of thiophene rings is 1. The maximum absolute atomic E-state index is 5.86. The van der Waals surface area contributed by atoms with Crippen LogP contribution in [-0.4, -0.2) is 12.5 Å². The third-order valence-electron chi connectivity index (χ3n) is 1.83. The Bertz CT molecular complexity index is 337. The van der Waals surface area contributed by atoms with Crippen molar-refractivity contribution in [2.24, 2.45) is 10.8 Å². The van der Waals surface area contributed by atoms with E-state index in [0.29, 0.717) is 12.5 Å². The molecule has 0 spiro atoms. The van der Waals surface area contributed by atoms with Gasteiger partial charge in [0.2, 0.25) is 5.96 Å². The van der Waals surface area contributed by atoms with Crippen molar-refractivity contribution in [3.05, 3.63) is 21.3 Å². The zero-order valence-electron chi connectivity index (χ0n) is 8.75. The maximum atomic E-state index is 5.86. The summed E-state index contributed by atoms with van der Waals surface area (Å²) in [5.74, 6) is 5.92. The predicted molar refractivity (Wildman–Crippen MR) is 66.2 cm³/mol. The van der Waals surface area contributed by atoms with Crippen LogP contribution >= 0.6 is 22.9 Å². The second kappa shape index (κ2) is 5.95. The first-order chi connectivity index (χ1) is 7.17. The molecule has 84 valence electrons. The summed E-state index contributed by atoms with van der Waals surface area (Å²) >= 11 is 7.40. The topological polar surface area (TPSA) is 62.4 Å². The van der Waals surface area contributed by atoms with Crippen molar-refractivity contribution >= 4 is 28.9 Å². The van der Waals surface area contributed by atoms with Crippen molar-refractivity contribution in [3.8, 4) is 0 Å². The first kappa shape index (κ1) is 12.3. The molecule has 4 N–H and O–H groups in total. The van der Waals surface area contributed by atoms with Gasteiger partial charge < -0.3 is 5.32 Å². The molecule has 1 heterocycles. The Labute approximate surface area is 98.5 Å². The Morgan fingerprint density at radius 1 is 1.67 bits per heavy atom. The molecule has 1 aromatic heterocycles. The molecule has 1 atom stereocenters. The summed E-state index contributed by atoms with van der Waals surface area (Å²) in [4.78, 5) is 5.31. The van der Waals surface area contributed by atoms with Crippen LogP contribution in [0.2, 0.25) is 4.34 Å². The Balaban J connectivity index is 2.62. The van der Waals surface area contributed by atoms with Gasteiger partial charge in [0.15, 0.2) is 0 Å². The number of nitrogens with one attached hydrogen (secondary N) is 2. The van der Waals surface area contributed by atoms with E-state index in [2.05, 4.69) is 15.7 Å². The van der Waals surface area contributed by atoms with Gasteiger partial charge in [0.05, 0.1) is 10.4 Å². The minimum absolute atomic E-state index is 0.142. The molecule has 0 aliphatic heterocycles. The zero-order valence-corrected chi connectivity index (χ0v) is 10.3. The number of nitrogens with two attached hydrogens (primary N) is 1. The molecule has 0 fully saturated rings. The van der Waals surface area contributed by atoms with E-state index in [0.717, 1.165) is 9.21 Å². The van der Waals surface area contributed by atoms with Crippen LogP contribution in [0.4, 0.5) is 0 Å². The lowest BCUT2D eigenvalue weighted by Crippen LogP contribution is -2.42. The molecule has 15 heavy (non-hydrogen) atoms. The summed E-state index contributed by atoms with van der Waals surface area (Å²) in [5, 5.41) is 3.16. The number of hydrogen-bond acceptors (Lipinski definition) is 3. The highest BCUT2D eigenvalue weighted by molar-refractivity contribution is 7.16. The fourth-order valence-electron chi connectivity index (χ4n) is 1.13. The van der Waals surface area contributed by atoms with E-state index < -0.39 is 0 Å². The molecule has 1 rings (SSSR count). The highest BCUT2D eigenvalue weighted by Gasteiger charge is 2.09. The molecule has 0 aliphatic carbocycles. The van der Waals surface area contributed by atoms with Crippen LogP contribution in [0.25, 0.3) is 0 Å². The largest absolute Gasteiger partial charge is 0.348 e. The van der Waals surface area contributed by atoms with Gasteiger partial charge in [0.25, 0.3) is 0 Å². The van der Waals surface area contributed by atoms with Crippen LogP contribution in [0.3, 0.4) is 0 Å². The van der Waals surface area contributed by atoms with Crippen molar-refractivity contribution in [2.75, 3.05) is 6.54 Å². The molecule has 0 amide bonds. The van der Waals surface area contributed by atoms with Gasteiger partial charge in [-0.1, -0.05) is 11.6 Å². The highest BCUT2D eigenvalue weighted by Crippen LogP contribution is 2.26. The van der Waals surface area contributed by atoms with E-state index in [4.69, 9.17) is 17.4 Å². The van der Waals surface area contributed by atoms with Gasteiger partial charge >= 0.3 is 0 Å². The van der Waals surface area contributed by atoms with Crippen LogP contribution in [0.1, 0.15) is 24.8 Å². The number of guanidine groups is 1. The maximum Gasteiger partial charge on any atom is 0.206 e. The predicted octanol–water partition coefficient (Wildman–Crippen LogP) is 1.89. The first-order valence-electron chi connectivity index (χ1n) is 4.70. The van der Waals surface area contributed by atoms with Gasteiger partial charge in [-0.2, -0.15) is 0 Å². The highest BCUT2D eigenvalue weighted by atomic mass is 35.5. The van der Waals surface area contributed by atoms with Crippen LogP contribution in [-0.2, 0) is 0 Å². The van der Waals surface area contributed by atoms with Gasteiger partial charge in [-0.05, 0) is 26.0 Å². The normalized spacial score (nSPS) is 13.7. The average Bonchev–Trinajstić information content (AvgIpc) is 2.64. The third kappa shape index (κ3) is 3.70. The van der Waals surface area contributed by atoms with Gasteiger partial charge in [0.1, 0.15) is 0 Å². The standard InChI is InChI=1S/C9H15ClN4S/c1-3-12-9(14-11)13-6(2)7-4-5-8(10)15-7/h4-6H,3,11H2,1-2H3,(H2,12,13,14). The van der Waals surface area contributed by atoms with Crippen molar-refractivity contribution < 1.29 is 0 Å². The molecule has 4 nitrogen and oxygen atoms in total. The van der Waals surface area contributed by atoms with Gasteiger partial charge in [-0.15, -0.1) is 11.3 Å². The zero-order chi connectivity index (χ0) is 11.3. The number of hydrogen-bond donors (Lipinski definition) is 3. The fourth-order valence-corrected chi connectivity index (χ4v) is 2.19. The molecular weight excluding hydrogens is 232 g/mol. The Morgan fingerprint density at radius 2 is 2.40 bits per heavy atom. The SMILES string of the molecule is CCN=C(NN)NC(C)c1ccc(Cl)s1. The number of aliphatic imine (C=N–C) groups is 1. The van der Waals surface area contributed by atoms with Crippen LogP contribution in [0, 0.1) is 0 Å². The summed E-state index contributed by atoms with van der Waals surface area (Å²) in [6.45, 7) is 4.67. The molecule has 0 bridgehead atoms. The fraction of sp³-hybridized carbons (Fsp3) is 0.444. The monoisotopic (exact) mass is 246 g/mol. The minimum Gasteiger partial charge on any atom is -0.348 e. The van der Waals surface area contributed by atoms with Crippen molar-refractivity contribution in [1.82, 2.24) is 10.7 Å². The number of hydrazine groups is 1. The quantitative estimate of drug-likeness (QED) is 0.330. The van der Waals surface area contributed by atoms with Gasteiger partial charge in [0, 0.05) is 11.4 Å². The van der Waals surface area contributed by atoms with E-state index in [-0.39, 0.29) is 6.04 Å². The first-order valence-corrected chi connectivity index (χ1v) is 5.89. The van der Waals surface area contributed by atoms with Gasteiger partial charge in [-0.25, -0.2) is 5.84 Å². The summed E-state index contributed by atoms with van der Waals surface area (Å²) in [5.41, 5.74) is 2.52. The minimum atomic E-state index is 0.142. The molecule has 0 aromatic carbocycles. The summed E-state index contributed by atoms with van der Waals surface area (Å²) in [7, 11) is 0. The summed E-state index contributed by atoms with van der Waals surface area (Å²) < 4.78 is 0.785. The van der Waals surface area contributed by atoms with Crippen molar-refractivity contribution in [1.29, 1.82) is 0 Å². The average molecular weight is 247 g/mol. The second-order valence-electron chi connectivity index (χ2n) is 2.98. The number of halogens is 1. The Kier molecular flexibility index (Phi) is 4.87. The smallest absolute Gasteiger partial charge is 0.206 e. The van der Waals surface area contributed by atoms with E-state index in [1.54, 1.807) is 11.3 Å². The Hall–Kier alpha value is -0.780. The molecule has 1 unspecified atom stereocenters. The van der Waals surface area contributed by atoms with Crippen molar-refractivity contribution in [3.63, 3.8) is 0 Å². The van der Waals surface area contributed by atoms with Crippen molar-refractivity contribution in [2.45, 2.75) is 19.9 Å². The second-order valence-corrected chi connectivity index (χ2v) is 4.72. The lowest BCUT2D eigenvalue weighted by Gasteiger charge is -2.14. The molecule has 0 saturated heterocycles. The number of nitrogens with zero attached hydrogens (tertiary/aromatic N) is 1. The molecular formula is C9H15ClN4S. The molecule has 0 aliphatic rings. The Morgan fingerprint density at radius 3 is 2.87 bits per heavy atom. The number of rotatable bonds is 3. The van der Waals surface area contributed by atoms with E-state index in [9.17, 15) is 0 Å². The molecule has 1 aromatic rings. The molecule has 0 radical (unpaired) electrons. The lowest BCUT2D eigenvalue weighted by molar-refractivity contribution is 0.701. The van der Waals surface area contributed by atoms with Crippen LogP contribution in [0.15, 0.2) is 17.1 Å². The summed E-state index contributed by atoms with van der Waals surface area (Å²) in [6, 6.07) is 4.01. The lowest BCUT2D eigenvalue weighted by atomic mass is 10.3. The molecule has 6 heteroatoms. The van der Waals surface area contributed by atoms with Gasteiger partial charge in [-0.3, -0.25) is 10.4 Å². The van der Waals surface area contributed by atoms with Crippen LogP contribution < -0.4 is 16.6 Å². The van der Waals surface area contributed by atoms with Crippen LogP contribution in [0.5, 0.6) is 0 Å². The van der Waals surface area contributed by atoms with E-state index in [1.165, 1.54) is 0 Å². The summed E-state index contributed by atoms with van der Waals surface area (Å²) in [6.07, 6.45) is 0. The van der Waals surface area contributed by atoms with E-state index in [1.807, 2.05) is 26.0 Å². The van der Waals surface area contributed by atoms with E-state index >= 15 is 0 Å².